The largest absolute Gasteiger partial charge is 0.444 e. The average molecular weight is 318 g/mol. The lowest BCUT2D eigenvalue weighted by Crippen LogP contribution is -2.42. The Morgan fingerprint density at radius 3 is 2.96 bits per heavy atom. The average Bonchev–Trinajstić information content (AvgIpc) is 2.94. The van der Waals surface area contributed by atoms with Gasteiger partial charge < -0.3 is 9.64 Å². The van der Waals surface area contributed by atoms with Crippen molar-refractivity contribution in [1.82, 2.24) is 19.5 Å². The van der Waals surface area contributed by atoms with Gasteiger partial charge in [-0.3, -0.25) is 9.89 Å². The minimum absolute atomic E-state index is 0.0591. The second-order valence-corrected chi connectivity index (χ2v) is 6.94. The minimum Gasteiger partial charge on any atom is -0.444 e. The van der Waals surface area contributed by atoms with Gasteiger partial charge in [-0.05, 0) is 33.6 Å². The number of fused-ring (bicyclic) bond motifs is 1. The van der Waals surface area contributed by atoms with Gasteiger partial charge >= 0.3 is 6.09 Å². The summed E-state index contributed by atoms with van der Waals surface area (Å²) < 4.78 is 6.84. The quantitative estimate of drug-likeness (QED) is 0.873. The van der Waals surface area contributed by atoms with Gasteiger partial charge in [0.05, 0.1) is 5.69 Å². The van der Waals surface area contributed by atoms with Crippen LogP contribution in [0.15, 0.2) is 23.1 Å². The predicted octanol–water partition coefficient (Wildman–Crippen LogP) is 2.14. The third-order valence-corrected chi connectivity index (χ3v) is 3.89. The summed E-state index contributed by atoms with van der Waals surface area (Å²) in [5.74, 6) is 0.0591. The fraction of sp³-hybridized carbons (Fsp3) is 0.562. The molecule has 0 radical (unpaired) electrons. The van der Waals surface area contributed by atoms with Crippen molar-refractivity contribution in [2.75, 3.05) is 13.1 Å². The van der Waals surface area contributed by atoms with Crippen molar-refractivity contribution >= 4 is 11.7 Å². The molecule has 23 heavy (non-hydrogen) atoms. The summed E-state index contributed by atoms with van der Waals surface area (Å²) in [4.78, 5) is 30.6. The molecule has 1 aliphatic heterocycles. The van der Waals surface area contributed by atoms with E-state index >= 15 is 0 Å². The summed E-state index contributed by atoms with van der Waals surface area (Å²) in [6.07, 6.45) is 3.16. The third-order valence-electron chi connectivity index (χ3n) is 3.89. The van der Waals surface area contributed by atoms with Crippen molar-refractivity contribution < 1.29 is 9.53 Å². The molecule has 1 atom stereocenters. The van der Waals surface area contributed by atoms with Crippen molar-refractivity contribution in [2.24, 2.45) is 0 Å². The molecule has 1 saturated heterocycles. The van der Waals surface area contributed by atoms with Gasteiger partial charge in [0, 0.05) is 37.3 Å². The maximum Gasteiger partial charge on any atom is 0.410 e. The molecule has 1 N–H and O–H groups in total. The highest BCUT2D eigenvalue weighted by molar-refractivity contribution is 5.68. The number of carbonyl (C=O) groups excluding carboxylic acids is 1. The molecule has 1 unspecified atom stereocenters. The second-order valence-electron chi connectivity index (χ2n) is 6.94. The molecule has 2 aromatic rings. The summed E-state index contributed by atoms with van der Waals surface area (Å²) in [6, 6.07) is 3.31. The van der Waals surface area contributed by atoms with Crippen LogP contribution in [0, 0.1) is 0 Å². The highest BCUT2D eigenvalue weighted by Gasteiger charge is 2.29. The van der Waals surface area contributed by atoms with Crippen LogP contribution in [0.2, 0.25) is 0 Å². The molecule has 3 rings (SSSR count). The lowest BCUT2D eigenvalue weighted by molar-refractivity contribution is 0.0197. The molecule has 0 aromatic carbocycles. The first-order valence-corrected chi connectivity index (χ1v) is 7.88. The molecule has 0 aliphatic carbocycles. The fourth-order valence-corrected chi connectivity index (χ4v) is 2.87. The number of piperidine rings is 1. The zero-order valence-electron chi connectivity index (χ0n) is 13.7. The molecule has 1 amide bonds. The van der Waals surface area contributed by atoms with Crippen LogP contribution < -0.4 is 5.56 Å². The summed E-state index contributed by atoms with van der Waals surface area (Å²) in [5, 5.41) is 2.83. The Hall–Kier alpha value is -2.31. The molecule has 7 nitrogen and oxygen atoms in total. The van der Waals surface area contributed by atoms with Crippen LogP contribution in [-0.2, 0) is 4.74 Å². The Labute approximate surface area is 134 Å². The number of rotatable bonds is 1. The van der Waals surface area contributed by atoms with Gasteiger partial charge in [0.15, 0.2) is 5.65 Å². The molecule has 1 aliphatic rings. The fourth-order valence-electron chi connectivity index (χ4n) is 2.87. The van der Waals surface area contributed by atoms with E-state index in [0.29, 0.717) is 18.7 Å². The van der Waals surface area contributed by atoms with E-state index in [0.717, 1.165) is 18.5 Å². The van der Waals surface area contributed by atoms with E-state index < -0.39 is 5.60 Å². The van der Waals surface area contributed by atoms with Crippen LogP contribution >= 0.6 is 0 Å². The Kier molecular flexibility index (Phi) is 3.87. The third kappa shape index (κ3) is 3.38. The molecule has 124 valence electrons. The first-order chi connectivity index (χ1) is 10.8. The number of carbonyl (C=O) groups is 1. The van der Waals surface area contributed by atoms with E-state index in [1.165, 1.54) is 4.52 Å². The summed E-state index contributed by atoms with van der Waals surface area (Å²) >= 11 is 0. The molecule has 3 heterocycles. The number of hydrogen-bond acceptors (Lipinski definition) is 4. The number of H-pyrrole nitrogens is 1. The summed E-state index contributed by atoms with van der Waals surface area (Å²) in [7, 11) is 0. The van der Waals surface area contributed by atoms with Crippen molar-refractivity contribution in [3.63, 3.8) is 0 Å². The number of ether oxygens (including phenoxy) is 1. The van der Waals surface area contributed by atoms with Gasteiger partial charge in [-0.15, -0.1) is 0 Å². The normalized spacial score (nSPS) is 19.1. The second kappa shape index (κ2) is 5.72. The number of nitrogens with zero attached hydrogens (tertiary/aromatic N) is 3. The van der Waals surface area contributed by atoms with Gasteiger partial charge in [0.2, 0.25) is 0 Å². The van der Waals surface area contributed by atoms with Crippen LogP contribution in [-0.4, -0.2) is 44.3 Å². The molecule has 7 heteroatoms. The Morgan fingerprint density at radius 2 is 2.22 bits per heavy atom. The van der Waals surface area contributed by atoms with E-state index in [1.54, 1.807) is 23.2 Å². The predicted molar refractivity (Wildman–Crippen MR) is 85.6 cm³/mol. The monoisotopic (exact) mass is 318 g/mol. The highest BCUT2D eigenvalue weighted by Crippen LogP contribution is 2.26. The SMILES string of the molecule is CC(C)(C)OC(=O)N1CCCC(c2cc(=O)n3[nH]ccc3n2)C1. The van der Waals surface area contributed by atoms with Gasteiger partial charge in [0.25, 0.3) is 5.56 Å². The first-order valence-electron chi connectivity index (χ1n) is 7.88. The Bertz CT molecular complexity index is 771. The number of hydrogen-bond donors (Lipinski definition) is 1. The first kappa shape index (κ1) is 15.6. The van der Waals surface area contributed by atoms with Crippen molar-refractivity contribution in [3.8, 4) is 0 Å². The summed E-state index contributed by atoms with van der Waals surface area (Å²) in [6.45, 7) is 6.77. The molecule has 0 bridgehead atoms. The summed E-state index contributed by atoms with van der Waals surface area (Å²) in [5.41, 5.74) is 0.694. The molecule has 0 spiro atoms. The lowest BCUT2D eigenvalue weighted by atomic mass is 9.95. The van der Waals surface area contributed by atoms with Crippen LogP contribution in [0.3, 0.4) is 0 Å². The highest BCUT2D eigenvalue weighted by atomic mass is 16.6. The van der Waals surface area contributed by atoms with Crippen molar-refractivity contribution in [2.45, 2.75) is 45.1 Å². The number of nitrogens with one attached hydrogen (secondary N) is 1. The van der Waals surface area contributed by atoms with E-state index in [2.05, 4.69) is 10.1 Å². The zero-order valence-corrected chi connectivity index (χ0v) is 13.7. The molecule has 1 fully saturated rings. The zero-order chi connectivity index (χ0) is 16.6. The van der Waals surface area contributed by atoms with Gasteiger partial charge in [-0.1, -0.05) is 0 Å². The Balaban J connectivity index is 1.80. The van der Waals surface area contributed by atoms with Crippen LogP contribution in [0.1, 0.15) is 45.2 Å². The van der Waals surface area contributed by atoms with E-state index in [1.807, 2.05) is 20.8 Å². The van der Waals surface area contributed by atoms with Crippen LogP contribution in [0.25, 0.3) is 5.65 Å². The number of aromatic amines is 1. The van der Waals surface area contributed by atoms with E-state index in [4.69, 9.17) is 4.74 Å². The van der Waals surface area contributed by atoms with E-state index in [9.17, 15) is 9.59 Å². The molecular weight excluding hydrogens is 296 g/mol. The number of amides is 1. The van der Waals surface area contributed by atoms with Gasteiger partial charge in [-0.2, -0.15) is 0 Å². The maximum atomic E-state index is 12.2. The molecular formula is C16H22N4O3. The molecule has 0 saturated carbocycles. The van der Waals surface area contributed by atoms with E-state index in [-0.39, 0.29) is 17.6 Å². The van der Waals surface area contributed by atoms with Gasteiger partial charge in [-0.25, -0.2) is 14.3 Å². The topological polar surface area (TPSA) is 79.7 Å². The van der Waals surface area contributed by atoms with Crippen LogP contribution in [0.5, 0.6) is 0 Å². The maximum absolute atomic E-state index is 12.2. The Morgan fingerprint density at radius 1 is 1.43 bits per heavy atom. The lowest BCUT2D eigenvalue weighted by Gasteiger charge is -2.33. The molecule has 2 aromatic heterocycles. The smallest absolute Gasteiger partial charge is 0.410 e. The standard InChI is InChI=1S/C16H22N4O3/c1-16(2,3)23-15(22)19-8-4-5-11(10-19)12-9-14(21)20-13(18-12)6-7-17-20/h6-7,9,11,17H,4-5,8,10H2,1-3H3. The minimum atomic E-state index is -0.509. The number of aromatic nitrogens is 3. The van der Waals surface area contributed by atoms with Gasteiger partial charge in [0.1, 0.15) is 5.60 Å². The van der Waals surface area contributed by atoms with Crippen molar-refractivity contribution in [1.29, 1.82) is 0 Å². The number of likely N-dealkylation sites (tertiary alicyclic amines) is 1. The van der Waals surface area contributed by atoms with Crippen LogP contribution in [0.4, 0.5) is 4.79 Å². The van der Waals surface area contributed by atoms with Crippen molar-refractivity contribution in [3.05, 3.63) is 34.4 Å².